The molecule has 30 heavy (non-hydrogen) atoms. The molecule has 3 aliphatic heterocycles. The highest BCUT2D eigenvalue weighted by Crippen LogP contribution is 2.47. The predicted molar refractivity (Wildman–Crippen MR) is 112 cm³/mol. The second kappa shape index (κ2) is 8.02. The SMILES string of the molecule is Cc1nc(N2C[C@H]3CN(C(=O)C4CCOCC4)C[C@@]3(CCc3ccccc3)C2)no1. The standard InChI is InChI=1S/C23H30N4O3/c1-17-24-22(25-30-17)27-14-20-13-26(21(28)19-8-11-29-12-9-19)15-23(20,16-27)10-7-18-5-3-2-4-6-18/h2-6,19-20H,7-16H2,1H3/t20-,23+/m1/s1. The van der Waals surface area contributed by atoms with Crippen LogP contribution in [0.2, 0.25) is 0 Å². The van der Waals surface area contributed by atoms with Crippen molar-refractivity contribution in [3.05, 3.63) is 41.8 Å². The minimum Gasteiger partial charge on any atom is -0.381 e. The molecule has 3 fully saturated rings. The topological polar surface area (TPSA) is 71.7 Å². The van der Waals surface area contributed by atoms with Gasteiger partial charge in [0, 0.05) is 63.6 Å². The normalized spacial score (nSPS) is 26.9. The minimum atomic E-state index is 0.0746. The van der Waals surface area contributed by atoms with Crippen LogP contribution in [0.3, 0.4) is 0 Å². The van der Waals surface area contributed by atoms with E-state index in [2.05, 4.69) is 50.3 Å². The van der Waals surface area contributed by atoms with E-state index < -0.39 is 0 Å². The Morgan fingerprint density at radius 1 is 1.17 bits per heavy atom. The average Bonchev–Trinajstić information content (AvgIpc) is 3.45. The van der Waals surface area contributed by atoms with E-state index in [4.69, 9.17) is 9.26 Å². The number of carbonyl (C=O) groups is 1. The molecule has 0 bridgehead atoms. The molecule has 4 heterocycles. The molecule has 5 rings (SSSR count). The van der Waals surface area contributed by atoms with Crippen LogP contribution in [-0.4, -0.2) is 60.3 Å². The Bertz CT molecular complexity index is 880. The smallest absolute Gasteiger partial charge is 0.266 e. The molecule has 7 nitrogen and oxygen atoms in total. The van der Waals surface area contributed by atoms with Crippen LogP contribution in [-0.2, 0) is 16.0 Å². The Morgan fingerprint density at radius 2 is 1.97 bits per heavy atom. The predicted octanol–water partition coefficient (Wildman–Crippen LogP) is 2.70. The maximum Gasteiger partial charge on any atom is 0.266 e. The molecule has 1 aromatic heterocycles. The Labute approximate surface area is 177 Å². The van der Waals surface area contributed by atoms with Gasteiger partial charge in [-0.1, -0.05) is 30.3 Å². The van der Waals surface area contributed by atoms with E-state index in [1.165, 1.54) is 5.56 Å². The van der Waals surface area contributed by atoms with E-state index in [-0.39, 0.29) is 11.3 Å². The first-order chi connectivity index (χ1) is 14.6. The first kappa shape index (κ1) is 19.5. The Balaban J connectivity index is 1.34. The fourth-order valence-corrected chi connectivity index (χ4v) is 5.51. The third-order valence-electron chi connectivity index (χ3n) is 7.20. The molecule has 2 aromatic rings. The van der Waals surface area contributed by atoms with Gasteiger partial charge in [-0.05, 0) is 36.4 Å². The number of likely N-dealkylation sites (tertiary alicyclic amines) is 1. The Hall–Kier alpha value is -2.41. The molecule has 160 valence electrons. The summed E-state index contributed by atoms with van der Waals surface area (Å²) in [5, 5.41) is 4.15. The van der Waals surface area contributed by atoms with Gasteiger partial charge in [0.05, 0.1) is 0 Å². The molecule has 2 atom stereocenters. The summed E-state index contributed by atoms with van der Waals surface area (Å²) in [7, 11) is 0. The molecule has 0 aliphatic carbocycles. The van der Waals surface area contributed by atoms with Gasteiger partial charge in [0.25, 0.3) is 5.95 Å². The number of amides is 1. The molecule has 3 saturated heterocycles. The third kappa shape index (κ3) is 3.71. The molecule has 0 radical (unpaired) electrons. The van der Waals surface area contributed by atoms with E-state index in [9.17, 15) is 4.79 Å². The van der Waals surface area contributed by atoms with Crippen molar-refractivity contribution in [1.29, 1.82) is 0 Å². The lowest BCUT2D eigenvalue weighted by Gasteiger charge is -2.31. The number of nitrogens with zero attached hydrogens (tertiary/aromatic N) is 4. The maximum atomic E-state index is 13.2. The van der Waals surface area contributed by atoms with E-state index in [1.54, 1.807) is 0 Å². The second-order valence-electron chi connectivity index (χ2n) is 9.14. The quantitative estimate of drug-likeness (QED) is 0.755. The number of carbonyl (C=O) groups excluding carboxylic acids is 1. The molecular weight excluding hydrogens is 380 g/mol. The zero-order chi connectivity index (χ0) is 20.6. The Kier molecular flexibility index (Phi) is 5.23. The number of hydrogen-bond donors (Lipinski definition) is 0. The zero-order valence-corrected chi connectivity index (χ0v) is 17.6. The average molecular weight is 411 g/mol. The van der Waals surface area contributed by atoms with Crippen molar-refractivity contribution in [3.63, 3.8) is 0 Å². The summed E-state index contributed by atoms with van der Waals surface area (Å²) in [5.74, 6) is 2.16. The van der Waals surface area contributed by atoms with Crippen molar-refractivity contribution in [2.24, 2.45) is 17.3 Å². The monoisotopic (exact) mass is 410 g/mol. The first-order valence-corrected chi connectivity index (χ1v) is 11.1. The molecule has 0 saturated carbocycles. The van der Waals surface area contributed by atoms with Crippen LogP contribution < -0.4 is 4.90 Å². The summed E-state index contributed by atoms with van der Waals surface area (Å²) in [5.41, 5.74) is 1.43. The van der Waals surface area contributed by atoms with Crippen LogP contribution in [0.15, 0.2) is 34.9 Å². The number of hydrogen-bond acceptors (Lipinski definition) is 6. The highest BCUT2D eigenvalue weighted by atomic mass is 16.5. The summed E-state index contributed by atoms with van der Waals surface area (Å²) in [6, 6.07) is 10.7. The van der Waals surface area contributed by atoms with E-state index in [0.717, 1.165) is 51.9 Å². The van der Waals surface area contributed by atoms with E-state index in [0.29, 0.717) is 36.9 Å². The molecule has 7 heteroatoms. The summed E-state index contributed by atoms with van der Waals surface area (Å²) in [6.45, 7) is 6.65. The minimum absolute atomic E-state index is 0.0746. The summed E-state index contributed by atoms with van der Waals surface area (Å²) in [6.07, 6.45) is 3.79. The summed E-state index contributed by atoms with van der Waals surface area (Å²) >= 11 is 0. The van der Waals surface area contributed by atoms with E-state index >= 15 is 0 Å². The fourth-order valence-electron chi connectivity index (χ4n) is 5.51. The summed E-state index contributed by atoms with van der Waals surface area (Å²) in [4.78, 5) is 22.1. The number of benzene rings is 1. The van der Waals surface area contributed by atoms with Gasteiger partial charge in [-0.2, -0.15) is 4.98 Å². The first-order valence-electron chi connectivity index (χ1n) is 11.1. The Morgan fingerprint density at radius 3 is 2.70 bits per heavy atom. The van der Waals surface area contributed by atoms with Crippen LogP contribution in [0.1, 0.15) is 30.7 Å². The molecule has 0 N–H and O–H groups in total. The fraction of sp³-hybridized carbons (Fsp3) is 0.609. The molecule has 1 aromatic carbocycles. The van der Waals surface area contributed by atoms with Gasteiger partial charge in [0.15, 0.2) is 0 Å². The van der Waals surface area contributed by atoms with Gasteiger partial charge in [-0.15, -0.1) is 0 Å². The van der Waals surface area contributed by atoms with Gasteiger partial charge in [0.1, 0.15) is 0 Å². The lowest BCUT2D eigenvalue weighted by Crippen LogP contribution is -2.41. The molecule has 0 spiro atoms. The van der Waals surface area contributed by atoms with Crippen LogP contribution in [0.4, 0.5) is 5.95 Å². The van der Waals surface area contributed by atoms with Gasteiger partial charge in [-0.25, -0.2) is 0 Å². The molecule has 3 aliphatic rings. The highest BCUT2D eigenvalue weighted by molar-refractivity contribution is 5.79. The number of aryl methyl sites for hydroxylation is 2. The van der Waals surface area contributed by atoms with Crippen molar-refractivity contribution >= 4 is 11.9 Å². The zero-order valence-electron chi connectivity index (χ0n) is 17.6. The van der Waals surface area contributed by atoms with Crippen molar-refractivity contribution in [3.8, 4) is 0 Å². The van der Waals surface area contributed by atoms with Gasteiger partial charge in [0.2, 0.25) is 11.8 Å². The van der Waals surface area contributed by atoms with Gasteiger partial charge < -0.3 is 19.1 Å². The van der Waals surface area contributed by atoms with Crippen LogP contribution >= 0.6 is 0 Å². The molecule has 0 unspecified atom stereocenters. The van der Waals surface area contributed by atoms with Crippen molar-refractivity contribution in [2.75, 3.05) is 44.3 Å². The second-order valence-corrected chi connectivity index (χ2v) is 9.14. The summed E-state index contributed by atoms with van der Waals surface area (Å²) < 4.78 is 10.7. The number of fused-ring (bicyclic) bond motifs is 1. The van der Waals surface area contributed by atoms with Crippen molar-refractivity contribution < 1.29 is 14.1 Å². The van der Waals surface area contributed by atoms with Crippen molar-refractivity contribution in [2.45, 2.75) is 32.6 Å². The van der Waals surface area contributed by atoms with Crippen LogP contribution in [0, 0.1) is 24.2 Å². The van der Waals surface area contributed by atoms with Crippen molar-refractivity contribution in [1.82, 2.24) is 15.0 Å². The maximum absolute atomic E-state index is 13.2. The highest BCUT2D eigenvalue weighted by Gasteiger charge is 2.54. The number of aromatic nitrogens is 2. The number of rotatable bonds is 5. The lowest BCUT2D eigenvalue weighted by molar-refractivity contribution is -0.138. The number of ether oxygens (including phenoxy) is 1. The van der Waals surface area contributed by atoms with Gasteiger partial charge >= 0.3 is 0 Å². The lowest BCUT2D eigenvalue weighted by atomic mass is 9.76. The number of anilines is 1. The third-order valence-corrected chi connectivity index (χ3v) is 7.20. The van der Waals surface area contributed by atoms with Gasteiger partial charge in [-0.3, -0.25) is 4.79 Å². The largest absolute Gasteiger partial charge is 0.381 e. The van der Waals surface area contributed by atoms with Crippen LogP contribution in [0.5, 0.6) is 0 Å². The van der Waals surface area contributed by atoms with Crippen LogP contribution in [0.25, 0.3) is 0 Å². The van der Waals surface area contributed by atoms with E-state index in [1.807, 2.05) is 6.92 Å². The molecule has 1 amide bonds. The molecular formula is C23H30N4O3.